The Labute approximate surface area is 91.1 Å². The molecule has 16 heavy (non-hydrogen) atoms. The van der Waals surface area contributed by atoms with Crippen LogP contribution in [0.3, 0.4) is 0 Å². The maximum atomic E-state index is 12.2. The molecule has 0 rings (SSSR count). The van der Waals surface area contributed by atoms with Crippen molar-refractivity contribution in [1.29, 1.82) is 0 Å². The number of sulfone groups is 1. The van der Waals surface area contributed by atoms with Gasteiger partial charge >= 0.3 is 6.18 Å². The minimum atomic E-state index is -4.89. The SMILES string of the molecule is CC(N)(C(=O)NCCS(C)(=O)=O)C(F)(F)F. The van der Waals surface area contributed by atoms with Gasteiger partial charge in [-0.25, -0.2) is 8.42 Å². The Bertz CT molecular complexity index is 362. The standard InChI is InChI=1S/C7H13F3N2O3S/c1-6(11,7(8,9)10)5(13)12-3-4-16(2,14)15/h3-4,11H2,1-2H3,(H,12,13). The van der Waals surface area contributed by atoms with Gasteiger partial charge in [0.2, 0.25) is 5.91 Å². The summed E-state index contributed by atoms with van der Waals surface area (Å²) in [6.07, 6.45) is -3.98. The smallest absolute Gasteiger partial charge is 0.353 e. The first-order valence-corrected chi connectivity index (χ1v) is 6.25. The van der Waals surface area contributed by atoms with Crippen LogP contribution in [0.4, 0.5) is 13.2 Å². The second kappa shape index (κ2) is 4.58. The van der Waals surface area contributed by atoms with Crippen LogP contribution < -0.4 is 11.1 Å². The quantitative estimate of drug-likeness (QED) is 0.710. The predicted octanol–water partition coefficient (Wildman–Crippen LogP) is -0.573. The molecule has 0 saturated heterocycles. The molecule has 5 nitrogen and oxygen atoms in total. The van der Waals surface area contributed by atoms with E-state index in [1.165, 1.54) is 0 Å². The van der Waals surface area contributed by atoms with E-state index in [0.29, 0.717) is 6.92 Å². The summed E-state index contributed by atoms with van der Waals surface area (Å²) in [6.45, 7) is 0.114. The van der Waals surface area contributed by atoms with Gasteiger partial charge in [0.15, 0.2) is 5.54 Å². The van der Waals surface area contributed by atoms with E-state index in [-0.39, 0.29) is 0 Å². The average molecular weight is 262 g/mol. The molecule has 0 aromatic carbocycles. The predicted molar refractivity (Wildman–Crippen MR) is 51.4 cm³/mol. The molecule has 1 amide bonds. The van der Waals surface area contributed by atoms with Crippen LogP contribution in [-0.4, -0.2) is 44.6 Å². The molecule has 0 aliphatic heterocycles. The van der Waals surface area contributed by atoms with E-state index < -0.39 is 39.8 Å². The fourth-order valence-electron chi connectivity index (χ4n) is 0.662. The number of rotatable bonds is 4. The third-order valence-electron chi connectivity index (χ3n) is 1.82. The summed E-state index contributed by atoms with van der Waals surface area (Å²) >= 11 is 0. The Morgan fingerprint density at radius 3 is 2.12 bits per heavy atom. The van der Waals surface area contributed by atoms with Gasteiger partial charge in [0.05, 0.1) is 5.75 Å². The van der Waals surface area contributed by atoms with Crippen LogP contribution in [-0.2, 0) is 14.6 Å². The fraction of sp³-hybridized carbons (Fsp3) is 0.857. The Balaban J connectivity index is 4.39. The summed E-state index contributed by atoms with van der Waals surface area (Å²) in [5.41, 5.74) is 1.78. The lowest BCUT2D eigenvalue weighted by Crippen LogP contribution is -2.61. The van der Waals surface area contributed by atoms with Crippen LogP contribution in [0.25, 0.3) is 0 Å². The van der Waals surface area contributed by atoms with E-state index >= 15 is 0 Å². The molecule has 0 heterocycles. The normalized spacial score (nSPS) is 16.6. The Morgan fingerprint density at radius 2 is 1.81 bits per heavy atom. The van der Waals surface area contributed by atoms with Crippen molar-refractivity contribution in [2.45, 2.75) is 18.6 Å². The summed E-state index contributed by atoms with van der Waals surface area (Å²) < 4.78 is 58.0. The van der Waals surface area contributed by atoms with Crippen LogP contribution in [0.2, 0.25) is 0 Å². The maximum Gasteiger partial charge on any atom is 0.415 e. The van der Waals surface area contributed by atoms with Crippen molar-refractivity contribution in [3.8, 4) is 0 Å². The van der Waals surface area contributed by atoms with Crippen LogP contribution in [0.5, 0.6) is 0 Å². The highest BCUT2D eigenvalue weighted by Gasteiger charge is 2.53. The summed E-state index contributed by atoms with van der Waals surface area (Å²) in [5, 5.41) is 1.82. The molecule has 0 bridgehead atoms. The largest absolute Gasteiger partial charge is 0.415 e. The number of alkyl halides is 3. The minimum absolute atomic E-state index is 0.402. The molecule has 0 fully saturated rings. The van der Waals surface area contributed by atoms with Gasteiger partial charge in [0.1, 0.15) is 9.84 Å². The number of hydrogen-bond acceptors (Lipinski definition) is 4. The topological polar surface area (TPSA) is 89.3 Å². The zero-order valence-corrected chi connectivity index (χ0v) is 9.57. The Hall–Kier alpha value is -0.830. The van der Waals surface area contributed by atoms with Crippen molar-refractivity contribution in [2.75, 3.05) is 18.6 Å². The number of hydrogen-bond donors (Lipinski definition) is 2. The van der Waals surface area contributed by atoms with E-state index in [2.05, 4.69) is 0 Å². The molecular weight excluding hydrogens is 249 g/mol. The van der Waals surface area contributed by atoms with Crippen molar-refractivity contribution < 1.29 is 26.4 Å². The van der Waals surface area contributed by atoms with Gasteiger partial charge in [0.25, 0.3) is 0 Å². The zero-order valence-electron chi connectivity index (χ0n) is 8.76. The highest BCUT2D eigenvalue weighted by Crippen LogP contribution is 2.27. The second-order valence-corrected chi connectivity index (χ2v) is 5.85. The van der Waals surface area contributed by atoms with Crippen LogP contribution in [0, 0.1) is 0 Å². The summed E-state index contributed by atoms with van der Waals surface area (Å²) in [5.74, 6) is -1.89. The first kappa shape index (κ1) is 15.2. The number of halogens is 3. The molecule has 0 aromatic heterocycles. The second-order valence-electron chi connectivity index (χ2n) is 3.59. The molecule has 0 spiro atoms. The molecule has 0 aliphatic carbocycles. The molecule has 0 aliphatic rings. The van der Waals surface area contributed by atoms with Gasteiger partial charge in [-0.15, -0.1) is 0 Å². The lowest BCUT2D eigenvalue weighted by atomic mass is 10.0. The lowest BCUT2D eigenvalue weighted by Gasteiger charge is -2.25. The van der Waals surface area contributed by atoms with E-state index in [4.69, 9.17) is 5.73 Å². The third kappa shape index (κ3) is 4.35. The van der Waals surface area contributed by atoms with Gasteiger partial charge in [-0.2, -0.15) is 13.2 Å². The molecule has 1 atom stereocenters. The minimum Gasteiger partial charge on any atom is -0.353 e. The zero-order chi connectivity index (χ0) is 13.2. The number of carbonyl (C=O) groups is 1. The Kier molecular flexibility index (Phi) is 4.34. The van der Waals surface area contributed by atoms with Crippen LogP contribution in [0.15, 0.2) is 0 Å². The summed E-state index contributed by atoms with van der Waals surface area (Å²) in [7, 11) is -3.34. The maximum absolute atomic E-state index is 12.2. The molecule has 1 unspecified atom stereocenters. The van der Waals surface area contributed by atoms with Crippen molar-refractivity contribution in [3.63, 3.8) is 0 Å². The molecular formula is C7H13F3N2O3S. The summed E-state index contributed by atoms with van der Waals surface area (Å²) in [4.78, 5) is 11.0. The lowest BCUT2D eigenvalue weighted by molar-refractivity contribution is -0.187. The van der Waals surface area contributed by atoms with Crippen molar-refractivity contribution >= 4 is 15.7 Å². The molecule has 3 N–H and O–H groups in total. The van der Waals surface area contributed by atoms with E-state index in [1.807, 2.05) is 5.32 Å². The number of carbonyl (C=O) groups excluding carboxylic acids is 1. The fourth-order valence-corrected chi connectivity index (χ4v) is 1.14. The molecule has 0 radical (unpaired) electrons. The highest BCUT2D eigenvalue weighted by atomic mass is 32.2. The van der Waals surface area contributed by atoms with E-state index in [9.17, 15) is 26.4 Å². The molecule has 0 saturated carbocycles. The monoisotopic (exact) mass is 262 g/mol. The highest BCUT2D eigenvalue weighted by molar-refractivity contribution is 7.90. The van der Waals surface area contributed by atoms with Crippen LogP contribution >= 0.6 is 0 Å². The molecule has 96 valence electrons. The van der Waals surface area contributed by atoms with Gasteiger partial charge in [0, 0.05) is 12.8 Å². The number of nitrogens with one attached hydrogen (secondary N) is 1. The van der Waals surface area contributed by atoms with Gasteiger partial charge in [-0.1, -0.05) is 0 Å². The van der Waals surface area contributed by atoms with Gasteiger partial charge in [-0.05, 0) is 6.92 Å². The van der Waals surface area contributed by atoms with Gasteiger partial charge < -0.3 is 11.1 Å². The van der Waals surface area contributed by atoms with E-state index in [0.717, 1.165) is 6.26 Å². The van der Waals surface area contributed by atoms with Crippen LogP contribution in [0.1, 0.15) is 6.92 Å². The van der Waals surface area contributed by atoms with Crippen molar-refractivity contribution in [2.24, 2.45) is 5.73 Å². The van der Waals surface area contributed by atoms with E-state index in [1.54, 1.807) is 0 Å². The molecule has 9 heteroatoms. The van der Waals surface area contributed by atoms with Gasteiger partial charge in [-0.3, -0.25) is 4.79 Å². The summed E-state index contributed by atoms with van der Waals surface area (Å²) in [6, 6.07) is 0. The molecule has 0 aromatic rings. The first-order valence-electron chi connectivity index (χ1n) is 4.19. The number of nitrogens with two attached hydrogens (primary N) is 1. The Morgan fingerprint density at radius 1 is 1.38 bits per heavy atom. The number of amides is 1. The van der Waals surface area contributed by atoms with Crippen molar-refractivity contribution in [1.82, 2.24) is 5.32 Å². The third-order valence-corrected chi connectivity index (χ3v) is 2.76. The van der Waals surface area contributed by atoms with Crippen molar-refractivity contribution in [3.05, 3.63) is 0 Å². The first-order chi connectivity index (χ1) is 6.88. The average Bonchev–Trinajstić information content (AvgIpc) is 1.99.